The van der Waals surface area contributed by atoms with Gasteiger partial charge in [0.2, 0.25) is 0 Å². The zero-order valence-corrected chi connectivity index (χ0v) is 7.10. The molecule has 2 aliphatic heterocycles. The molecular formula is C6H13N2OP. The van der Waals surface area contributed by atoms with Crippen LogP contribution >= 0.6 is 8.45 Å². The minimum atomic E-state index is -0.400. The largest absolute Gasteiger partial charge is 0.330 e. The molecule has 58 valence electrons. The van der Waals surface area contributed by atoms with Crippen molar-refractivity contribution in [3.63, 3.8) is 0 Å². The SMILES string of the molecule is CNP1OCC2CCCN21. The zero-order chi connectivity index (χ0) is 6.97. The highest BCUT2D eigenvalue weighted by Gasteiger charge is 2.37. The molecule has 2 aliphatic rings. The van der Waals surface area contributed by atoms with Crippen molar-refractivity contribution in [2.45, 2.75) is 18.9 Å². The Labute approximate surface area is 62.7 Å². The molecular weight excluding hydrogens is 147 g/mol. The molecule has 2 rings (SSSR count). The Morgan fingerprint density at radius 3 is 3.40 bits per heavy atom. The summed E-state index contributed by atoms with van der Waals surface area (Å²) in [5.41, 5.74) is 0. The van der Waals surface area contributed by atoms with Gasteiger partial charge in [-0.25, -0.2) is 4.67 Å². The van der Waals surface area contributed by atoms with Gasteiger partial charge in [0.15, 0.2) is 8.45 Å². The molecule has 0 aliphatic carbocycles. The van der Waals surface area contributed by atoms with Crippen LogP contribution in [0.15, 0.2) is 0 Å². The molecule has 4 heteroatoms. The normalized spacial score (nSPS) is 40.5. The Balaban J connectivity index is 2.01. The molecule has 0 saturated carbocycles. The number of nitrogens with one attached hydrogen (secondary N) is 1. The van der Waals surface area contributed by atoms with Gasteiger partial charge >= 0.3 is 0 Å². The molecule has 0 aromatic carbocycles. The maximum Gasteiger partial charge on any atom is 0.185 e. The molecule has 10 heavy (non-hydrogen) atoms. The lowest BCUT2D eigenvalue weighted by atomic mass is 10.2. The minimum Gasteiger partial charge on any atom is -0.330 e. The summed E-state index contributed by atoms with van der Waals surface area (Å²) in [5.74, 6) is 0. The fourth-order valence-electron chi connectivity index (χ4n) is 1.65. The number of hydrogen-bond donors (Lipinski definition) is 1. The van der Waals surface area contributed by atoms with Crippen molar-refractivity contribution in [1.82, 2.24) is 9.76 Å². The van der Waals surface area contributed by atoms with E-state index in [-0.39, 0.29) is 0 Å². The van der Waals surface area contributed by atoms with Gasteiger partial charge in [-0.1, -0.05) is 0 Å². The Kier molecular flexibility index (Phi) is 1.92. The lowest BCUT2D eigenvalue weighted by Crippen LogP contribution is -2.22. The lowest BCUT2D eigenvalue weighted by molar-refractivity contribution is 0.340. The summed E-state index contributed by atoms with van der Waals surface area (Å²) in [7, 11) is 1.58. The fourth-order valence-corrected chi connectivity index (χ4v) is 3.30. The predicted octanol–water partition coefficient (Wildman–Crippen LogP) is 0.927. The van der Waals surface area contributed by atoms with Crippen LogP contribution in [0.5, 0.6) is 0 Å². The lowest BCUT2D eigenvalue weighted by Gasteiger charge is -2.18. The van der Waals surface area contributed by atoms with E-state index in [4.69, 9.17) is 4.52 Å². The smallest absolute Gasteiger partial charge is 0.185 e. The topological polar surface area (TPSA) is 24.5 Å². The van der Waals surface area contributed by atoms with Crippen LogP contribution in [-0.2, 0) is 4.52 Å². The van der Waals surface area contributed by atoms with Crippen LogP contribution in [0.4, 0.5) is 0 Å². The number of hydrogen-bond acceptors (Lipinski definition) is 3. The van der Waals surface area contributed by atoms with Crippen molar-refractivity contribution >= 4 is 8.45 Å². The number of nitrogens with zero attached hydrogens (tertiary/aromatic N) is 1. The number of rotatable bonds is 1. The first-order chi connectivity index (χ1) is 4.92. The summed E-state index contributed by atoms with van der Waals surface area (Å²) >= 11 is 0. The highest BCUT2D eigenvalue weighted by Crippen LogP contribution is 2.48. The molecule has 2 atom stereocenters. The van der Waals surface area contributed by atoms with Gasteiger partial charge in [0.25, 0.3) is 0 Å². The van der Waals surface area contributed by atoms with E-state index in [9.17, 15) is 0 Å². The van der Waals surface area contributed by atoms with Crippen LogP contribution in [0.2, 0.25) is 0 Å². The van der Waals surface area contributed by atoms with E-state index in [2.05, 4.69) is 9.76 Å². The second-order valence-electron chi connectivity index (χ2n) is 2.75. The second kappa shape index (κ2) is 2.74. The summed E-state index contributed by atoms with van der Waals surface area (Å²) in [4.78, 5) is 0. The summed E-state index contributed by atoms with van der Waals surface area (Å²) in [5, 5.41) is 3.20. The number of fused-ring (bicyclic) bond motifs is 1. The maximum absolute atomic E-state index is 5.55. The van der Waals surface area contributed by atoms with Gasteiger partial charge in [-0.15, -0.1) is 0 Å². The summed E-state index contributed by atoms with van der Waals surface area (Å²) in [6.07, 6.45) is 2.69. The first kappa shape index (κ1) is 6.99. The van der Waals surface area contributed by atoms with Gasteiger partial charge in [0.05, 0.1) is 6.61 Å². The van der Waals surface area contributed by atoms with Crippen molar-refractivity contribution in [2.75, 3.05) is 20.2 Å². The molecule has 2 unspecified atom stereocenters. The molecule has 2 saturated heterocycles. The monoisotopic (exact) mass is 160 g/mol. The van der Waals surface area contributed by atoms with Crippen molar-refractivity contribution in [3.8, 4) is 0 Å². The third kappa shape index (κ3) is 0.978. The molecule has 0 radical (unpaired) electrons. The molecule has 0 aromatic rings. The van der Waals surface area contributed by atoms with Crippen LogP contribution in [0.1, 0.15) is 12.8 Å². The second-order valence-corrected chi connectivity index (χ2v) is 4.52. The van der Waals surface area contributed by atoms with Crippen molar-refractivity contribution in [1.29, 1.82) is 0 Å². The van der Waals surface area contributed by atoms with Crippen LogP contribution in [0.3, 0.4) is 0 Å². The molecule has 0 amide bonds. The Bertz CT molecular complexity index is 133. The average Bonchev–Trinajstić information content (AvgIpc) is 2.44. The fraction of sp³-hybridized carbons (Fsp3) is 1.00. The predicted molar refractivity (Wildman–Crippen MR) is 41.7 cm³/mol. The van der Waals surface area contributed by atoms with Gasteiger partial charge in [0.1, 0.15) is 0 Å². The molecule has 2 fully saturated rings. The molecule has 3 nitrogen and oxygen atoms in total. The third-order valence-electron chi connectivity index (χ3n) is 2.16. The Morgan fingerprint density at radius 1 is 1.70 bits per heavy atom. The standard InChI is InChI=1S/C6H13N2OP/c1-7-10-8-4-2-3-6(8)5-9-10/h6-7H,2-5H2,1H3. The van der Waals surface area contributed by atoms with Crippen LogP contribution in [0, 0.1) is 0 Å². The first-order valence-electron chi connectivity index (χ1n) is 3.79. The van der Waals surface area contributed by atoms with Gasteiger partial charge < -0.3 is 4.52 Å². The zero-order valence-electron chi connectivity index (χ0n) is 6.21. The first-order valence-corrected chi connectivity index (χ1v) is 5.00. The van der Waals surface area contributed by atoms with E-state index in [1.54, 1.807) is 0 Å². The van der Waals surface area contributed by atoms with Crippen molar-refractivity contribution in [2.24, 2.45) is 0 Å². The summed E-state index contributed by atoms with van der Waals surface area (Å²) in [6.45, 7) is 2.18. The van der Waals surface area contributed by atoms with Crippen LogP contribution in [0.25, 0.3) is 0 Å². The van der Waals surface area contributed by atoms with E-state index in [1.807, 2.05) is 7.05 Å². The van der Waals surface area contributed by atoms with Crippen LogP contribution < -0.4 is 5.09 Å². The van der Waals surface area contributed by atoms with Gasteiger partial charge in [0, 0.05) is 12.6 Å². The van der Waals surface area contributed by atoms with E-state index in [1.165, 1.54) is 19.4 Å². The minimum absolute atomic E-state index is 0.400. The van der Waals surface area contributed by atoms with Crippen LogP contribution in [-0.4, -0.2) is 30.9 Å². The molecule has 0 spiro atoms. The van der Waals surface area contributed by atoms with E-state index >= 15 is 0 Å². The van der Waals surface area contributed by atoms with E-state index < -0.39 is 8.45 Å². The molecule has 0 aromatic heterocycles. The van der Waals surface area contributed by atoms with E-state index in [0.717, 1.165) is 12.6 Å². The Morgan fingerprint density at radius 2 is 2.60 bits per heavy atom. The highest BCUT2D eigenvalue weighted by molar-refractivity contribution is 7.48. The maximum atomic E-state index is 5.55. The van der Waals surface area contributed by atoms with Gasteiger partial charge in [-0.2, -0.15) is 0 Å². The average molecular weight is 160 g/mol. The summed E-state index contributed by atoms with van der Waals surface area (Å²) < 4.78 is 8.02. The van der Waals surface area contributed by atoms with Gasteiger partial charge in [-0.05, 0) is 19.9 Å². The summed E-state index contributed by atoms with van der Waals surface area (Å²) in [6, 6.07) is 0.735. The Hall–Kier alpha value is 0.310. The van der Waals surface area contributed by atoms with Crippen molar-refractivity contribution < 1.29 is 4.52 Å². The quantitative estimate of drug-likeness (QED) is 0.577. The van der Waals surface area contributed by atoms with Gasteiger partial charge in [-0.3, -0.25) is 5.09 Å². The molecule has 1 N–H and O–H groups in total. The third-order valence-corrected chi connectivity index (χ3v) is 3.93. The highest BCUT2D eigenvalue weighted by atomic mass is 31.2. The van der Waals surface area contributed by atoms with Crippen molar-refractivity contribution in [3.05, 3.63) is 0 Å². The molecule has 2 heterocycles. The van der Waals surface area contributed by atoms with E-state index in [0.29, 0.717) is 0 Å². The molecule has 0 bridgehead atoms.